The van der Waals surface area contributed by atoms with Gasteiger partial charge in [-0.15, -0.1) is 0 Å². The van der Waals surface area contributed by atoms with Crippen LogP contribution >= 0.6 is 0 Å². The molecule has 1 unspecified atom stereocenters. The highest BCUT2D eigenvalue weighted by Gasteiger charge is 2.15. The molecule has 1 atom stereocenters. The molecule has 0 aromatic carbocycles. The van der Waals surface area contributed by atoms with E-state index in [9.17, 15) is 4.79 Å². The van der Waals surface area contributed by atoms with Gasteiger partial charge in [0, 0.05) is 26.3 Å². The van der Waals surface area contributed by atoms with Gasteiger partial charge in [0.05, 0.1) is 12.6 Å². The summed E-state index contributed by atoms with van der Waals surface area (Å²) in [5, 5.41) is 6.53. The maximum Gasteiger partial charge on any atom is 0.317 e. The van der Waals surface area contributed by atoms with Gasteiger partial charge in [-0.25, -0.2) is 4.79 Å². The number of ether oxygens (including phenoxy) is 1. The summed E-state index contributed by atoms with van der Waals surface area (Å²) in [7, 11) is 1.80. The normalized spacial score (nSPS) is 18.5. The van der Waals surface area contributed by atoms with Gasteiger partial charge in [0.2, 0.25) is 0 Å². The third-order valence-electron chi connectivity index (χ3n) is 3.30. The number of nitrogens with one attached hydrogen (secondary N) is 1. The first-order valence-electron chi connectivity index (χ1n) is 6.75. The third kappa shape index (κ3) is 4.55. The molecule has 0 spiro atoms. The van der Waals surface area contributed by atoms with Crippen LogP contribution in [0.25, 0.3) is 0 Å². The van der Waals surface area contributed by atoms with Gasteiger partial charge in [-0.1, -0.05) is 5.16 Å². The van der Waals surface area contributed by atoms with Crippen molar-refractivity contribution in [3.05, 3.63) is 18.0 Å². The molecular formula is C13H21N3O3. The van der Waals surface area contributed by atoms with Crippen LogP contribution in [0.2, 0.25) is 0 Å². The van der Waals surface area contributed by atoms with E-state index in [1.54, 1.807) is 18.0 Å². The van der Waals surface area contributed by atoms with Crippen LogP contribution in [0.3, 0.4) is 0 Å². The molecule has 1 saturated heterocycles. The summed E-state index contributed by atoms with van der Waals surface area (Å²) in [6.45, 7) is 2.02. The van der Waals surface area contributed by atoms with E-state index < -0.39 is 0 Å². The summed E-state index contributed by atoms with van der Waals surface area (Å²) in [6.07, 6.45) is 6.21. The SMILES string of the molecule is CN(CCCC1CCCO1)C(=O)NCc1ccon1. The average molecular weight is 267 g/mol. The summed E-state index contributed by atoms with van der Waals surface area (Å²) in [6, 6.07) is 1.65. The molecule has 0 aliphatic carbocycles. The Morgan fingerprint density at radius 2 is 2.53 bits per heavy atom. The van der Waals surface area contributed by atoms with E-state index in [0.29, 0.717) is 12.6 Å². The van der Waals surface area contributed by atoms with Crippen LogP contribution in [0.1, 0.15) is 31.4 Å². The number of urea groups is 1. The lowest BCUT2D eigenvalue weighted by Crippen LogP contribution is -2.37. The van der Waals surface area contributed by atoms with Gasteiger partial charge < -0.3 is 19.5 Å². The predicted octanol–water partition coefficient (Wildman–Crippen LogP) is 1.78. The summed E-state index contributed by atoms with van der Waals surface area (Å²) < 4.78 is 10.3. The van der Waals surface area contributed by atoms with E-state index in [0.717, 1.165) is 38.1 Å². The van der Waals surface area contributed by atoms with Gasteiger partial charge in [0.1, 0.15) is 12.0 Å². The second kappa shape index (κ2) is 7.13. The Labute approximate surface area is 113 Å². The first kappa shape index (κ1) is 13.9. The molecule has 1 aromatic rings. The van der Waals surface area contributed by atoms with Crippen molar-refractivity contribution in [1.82, 2.24) is 15.4 Å². The molecule has 6 nitrogen and oxygen atoms in total. The molecule has 2 heterocycles. The van der Waals surface area contributed by atoms with Crippen LogP contribution in [0.4, 0.5) is 4.79 Å². The van der Waals surface area contributed by atoms with E-state index in [1.807, 2.05) is 0 Å². The molecule has 1 aliphatic heterocycles. The minimum Gasteiger partial charge on any atom is -0.378 e. The molecule has 19 heavy (non-hydrogen) atoms. The van der Waals surface area contributed by atoms with Gasteiger partial charge in [-0.3, -0.25) is 0 Å². The van der Waals surface area contributed by atoms with Crippen molar-refractivity contribution in [2.45, 2.75) is 38.3 Å². The number of carbonyl (C=O) groups is 1. The Balaban J connectivity index is 1.59. The second-order valence-electron chi connectivity index (χ2n) is 4.85. The molecule has 2 amide bonds. The fraction of sp³-hybridized carbons (Fsp3) is 0.692. The smallest absolute Gasteiger partial charge is 0.317 e. The molecule has 106 valence electrons. The van der Waals surface area contributed by atoms with E-state index in [2.05, 4.69) is 10.5 Å². The molecule has 1 fully saturated rings. The summed E-state index contributed by atoms with van der Waals surface area (Å²) in [5.41, 5.74) is 0.723. The highest BCUT2D eigenvalue weighted by molar-refractivity contribution is 5.73. The van der Waals surface area contributed by atoms with E-state index in [-0.39, 0.29) is 6.03 Å². The lowest BCUT2D eigenvalue weighted by molar-refractivity contribution is 0.100. The standard InChI is InChI=1S/C13H21N3O3/c1-16(7-2-4-12-5-3-8-18-12)13(17)14-10-11-6-9-19-15-11/h6,9,12H,2-5,7-8,10H2,1H3,(H,14,17). The highest BCUT2D eigenvalue weighted by Crippen LogP contribution is 2.16. The topological polar surface area (TPSA) is 67.6 Å². The van der Waals surface area contributed by atoms with Gasteiger partial charge in [0.25, 0.3) is 0 Å². The maximum atomic E-state index is 11.8. The van der Waals surface area contributed by atoms with Crippen LogP contribution in [-0.4, -0.2) is 42.4 Å². The number of hydrogen-bond acceptors (Lipinski definition) is 4. The summed E-state index contributed by atoms with van der Waals surface area (Å²) in [5.74, 6) is 0. The van der Waals surface area contributed by atoms with Gasteiger partial charge in [-0.05, 0) is 25.7 Å². The molecule has 2 rings (SSSR count). The van der Waals surface area contributed by atoms with Crippen molar-refractivity contribution in [1.29, 1.82) is 0 Å². The van der Waals surface area contributed by atoms with Crippen LogP contribution < -0.4 is 5.32 Å². The molecule has 1 aromatic heterocycles. The zero-order chi connectivity index (χ0) is 13.5. The largest absolute Gasteiger partial charge is 0.378 e. The molecule has 1 aliphatic rings. The molecule has 6 heteroatoms. The molecule has 1 N–H and O–H groups in total. The number of aromatic nitrogens is 1. The minimum atomic E-state index is -0.0876. The van der Waals surface area contributed by atoms with Crippen LogP contribution in [0.5, 0.6) is 0 Å². The molecule has 0 bridgehead atoms. The Bertz CT molecular complexity index is 374. The Morgan fingerprint density at radius 1 is 1.63 bits per heavy atom. The fourth-order valence-corrected chi connectivity index (χ4v) is 2.16. The second-order valence-corrected chi connectivity index (χ2v) is 4.85. The Morgan fingerprint density at radius 3 is 3.21 bits per heavy atom. The fourth-order valence-electron chi connectivity index (χ4n) is 2.16. The zero-order valence-corrected chi connectivity index (χ0v) is 11.3. The third-order valence-corrected chi connectivity index (χ3v) is 3.30. The maximum absolute atomic E-state index is 11.8. The van der Waals surface area contributed by atoms with Gasteiger partial charge in [-0.2, -0.15) is 0 Å². The van der Waals surface area contributed by atoms with Crippen molar-refractivity contribution in [3.63, 3.8) is 0 Å². The quantitative estimate of drug-likeness (QED) is 0.853. The Hall–Kier alpha value is -1.56. The number of hydrogen-bond donors (Lipinski definition) is 1. The lowest BCUT2D eigenvalue weighted by Gasteiger charge is -2.18. The Kier molecular flexibility index (Phi) is 5.20. The van der Waals surface area contributed by atoms with Crippen molar-refractivity contribution in [2.75, 3.05) is 20.2 Å². The minimum absolute atomic E-state index is 0.0876. The first-order chi connectivity index (χ1) is 9.25. The number of amides is 2. The van der Waals surface area contributed by atoms with Crippen molar-refractivity contribution in [2.24, 2.45) is 0 Å². The highest BCUT2D eigenvalue weighted by atomic mass is 16.5. The summed E-state index contributed by atoms with van der Waals surface area (Å²) >= 11 is 0. The average Bonchev–Trinajstić information content (AvgIpc) is 3.08. The van der Waals surface area contributed by atoms with Crippen LogP contribution in [0, 0.1) is 0 Å². The van der Waals surface area contributed by atoms with Gasteiger partial charge >= 0.3 is 6.03 Å². The van der Waals surface area contributed by atoms with Crippen molar-refractivity contribution >= 4 is 6.03 Å². The number of nitrogens with zero attached hydrogens (tertiary/aromatic N) is 2. The monoisotopic (exact) mass is 267 g/mol. The molecule has 0 radical (unpaired) electrons. The van der Waals surface area contributed by atoms with Crippen molar-refractivity contribution in [3.8, 4) is 0 Å². The molecular weight excluding hydrogens is 246 g/mol. The predicted molar refractivity (Wildman–Crippen MR) is 69.6 cm³/mol. The molecule has 0 saturated carbocycles. The number of rotatable bonds is 6. The van der Waals surface area contributed by atoms with Crippen LogP contribution in [-0.2, 0) is 11.3 Å². The van der Waals surface area contributed by atoms with E-state index in [4.69, 9.17) is 9.26 Å². The van der Waals surface area contributed by atoms with Crippen LogP contribution in [0.15, 0.2) is 16.9 Å². The van der Waals surface area contributed by atoms with Crippen molar-refractivity contribution < 1.29 is 14.1 Å². The van der Waals surface area contributed by atoms with Gasteiger partial charge in [0.15, 0.2) is 0 Å². The zero-order valence-electron chi connectivity index (χ0n) is 11.3. The first-order valence-corrected chi connectivity index (χ1v) is 6.75. The number of carbonyl (C=O) groups excluding carboxylic acids is 1. The van der Waals surface area contributed by atoms with E-state index in [1.165, 1.54) is 12.7 Å². The lowest BCUT2D eigenvalue weighted by atomic mass is 10.1. The van der Waals surface area contributed by atoms with E-state index >= 15 is 0 Å². The summed E-state index contributed by atoms with van der Waals surface area (Å²) in [4.78, 5) is 13.5.